The summed E-state index contributed by atoms with van der Waals surface area (Å²) in [5.74, 6) is 1.68. The Morgan fingerprint density at radius 3 is 2.73 bits per heavy atom. The molecule has 1 saturated heterocycles. The lowest BCUT2D eigenvalue weighted by atomic mass is 9.93. The maximum Gasteiger partial charge on any atom is 0.0495 e. The molecule has 0 spiro atoms. The second-order valence-electron chi connectivity index (χ2n) is 4.07. The number of halogens is 1. The SMILES string of the molecule is ClCC1(CC2CCOC2)CC1. The number of rotatable bonds is 3. The quantitative estimate of drug-likeness (QED) is 0.598. The number of hydrogen-bond acceptors (Lipinski definition) is 1. The van der Waals surface area contributed by atoms with E-state index in [0.717, 1.165) is 25.0 Å². The third kappa shape index (κ3) is 1.70. The number of alkyl halides is 1. The van der Waals surface area contributed by atoms with Crippen LogP contribution >= 0.6 is 11.6 Å². The molecule has 0 radical (unpaired) electrons. The molecule has 2 rings (SSSR count). The lowest BCUT2D eigenvalue weighted by Crippen LogP contribution is -2.10. The summed E-state index contributed by atoms with van der Waals surface area (Å²) in [5, 5.41) is 0. The van der Waals surface area contributed by atoms with Crippen LogP contribution in [-0.4, -0.2) is 19.1 Å². The van der Waals surface area contributed by atoms with Crippen LogP contribution in [0.25, 0.3) is 0 Å². The summed E-state index contributed by atoms with van der Waals surface area (Å²) in [5.41, 5.74) is 0.542. The zero-order chi connectivity index (χ0) is 7.73. The highest BCUT2D eigenvalue weighted by Gasteiger charge is 2.43. The maximum atomic E-state index is 5.89. The minimum absolute atomic E-state index is 0.542. The van der Waals surface area contributed by atoms with Crippen LogP contribution in [0.15, 0.2) is 0 Å². The smallest absolute Gasteiger partial charge is 0.0495 e. The van der Waals surface area contributed by atoms with Crippen LogP contribution in [0.5, 0.6) is 0 Å². The van der Waals surface area contributed by atoms with Gasteiger partial charge in [-0.3, -0.25) is 0 Å². The molecule has 1 nitrogen and oxygen atoms in total. The van der Waals surface area contributed by atoms with Crippen LogP contribution in [0.4, 0.5) is 0 Å². The van der Waals surface area contributed by atoms with Crippen molar-refractivity contribution in [1.82, 2.24) is 0 Å². The van der Waals surface area contributed by atoms with Crippen LogP contribution in [0.2, 0.25) is 0 Å². The van der Waals surface area contributed by atoms with Gasteiger partial charge in [0.1, 0.15) is 0 Å². The average Bonchev–Trinajstić information content (AvgIpc) is 2.59. The molecular weight excluding hydrogens is 160 g/mol. The van der Waals surface area contributed by atoms with E-state index in [1.54, 1.807) is 0 Å². The second kappa shape index (κ2) is 2.95. The van der Waals surface area contributed by atoms with Crippen LogP contribution in [0.3, 0.4) is 0 Å². The minimum Gasteiger partial charge on any atom is -0.381 e. The maximum absolute atomic E-state index is 5.89. The van der Waals surface area contributed by atoms with Crippen molar-refractivity contribution in [1.29, 1.82) is 0 Å². The molecule has 0 aromatic carbocycles. The topological polar surface area (TPSA) is 9.23 Å². The van der Waals surface area contributed by atoms with E-state index < -0.39 is 0 Å². The predicted molar refractivity (Wildman–Crippen MR) is 45.9 cm³/mol. The first-order valence-electron chi connectivity index (χ1n) is 4.48. The summed E-state index contributed by atoms with van der Waals surface area (Å²) in [6.07, 6.45) is 5.29. The second-order valence-corrected chi connectivity index (χ2v) is 4.33. The Labute approximate surface area is 73.1 Å². The van der Waals surface area contributed by atoms with Gasteiger partial charge in [0, 0.05) is 19.1 Å². The molecule has 2 heteroatoms. The Morgan fingerprint density at radius 2 is 2.27 bits per heavy atom. The van der Waals surface area contributed by atoms with Crippen molar-refractivity contribution < 1.29 is 4.74 Å². The monoisotopic (exact) mass is 174 g/mol. The Bertz CT molecular complexity index is 136. The highest BCUT2D eigenvalue weighted by molar-refractivity contribution is 6.18. The molecule has 0 aromatic rings. The summed E-state index contributed by atoms with van der Waals surface area (Å²) in [6.45, 7) is 1.96. The van der Waals surface area contributed by atoms with Crippen molar-refractivity contribution >= 4 is 11.6 Å². The molecule has 0 N–H and O–H groups in total. The van der Waals surface area contributed by atoms with Crippen molar-refractivity contribution in [2.24, 2.45) is 11.3 Å². The van der Waals surface area contributed by atoms with Crippen LogP contribution in [-0.2, 0) is 4.74 Å². The van der Waals surface area contributed by atoms with Gasteiger partial charge >= 0.3 is 0 Å². The fourth-order valence-corrected chi connectivity index (χ4v) is 2.30. The van der Waals surface area contributed by atoms with Crippen LogP contribution < -0.4 is 0 Å². The van der Waals surface area contributed by atoms with E-state index >= 15 is 0 Å². The van der Waals surface area contributed by atoms with Crippen LogP contribution in [0.1, 0.15) is 25.7 Å². The van der Waals surface area contributed by atoms with Crippen molar-refractivity contribution in [3.8, 4) is 0 Å². The van der Waals surface area contributed by atoms with Gasteiger partial charge in [-0.2, -0.15) is 0 Å². The van der Waals surface area contributed by atoms with Gasteiger partial charge < -0.3 is 4.74 Å². The van der Waals surface area contributed by atoms with Gasteiger partial charge in [-0.05, 0) is 37.0 Å². The molecule has 1 aliphatic heterocycles. The molecule has 1 unspecified atom stereocenters. The standard InChI is InChI=1S/C9H15ClO/c10-7-9(2-3-9)5-8-1-4-11-6-8/h8H,1-7H2. The molecule has 11 heavy (non-hydrogen) atoms. The van der Waals surface area contributed by atoms with E-state index in [0.29, 0.717) is 5.41 Å². The Kier molecular flexibility index (Phi) is 2.11. The third-order valence-electron chi connectivity index (χ3n) is 2.99. The van der Waals surface area contributed by atoms with Gasteiger partial charge in [-0.25, -0.2) is 0 Å². The van der Waals surface area contributed by atoms with Gasteiger partial charge in [-0.15, -0.1) is 11.6 Å². The third-order valence-corrected chi connectivity index (χ3v) is 3.55. The van der Waals surface area contributed by atoms with E-state index in [1.165, 1.54) is 25.7 Å². The highest BCUT2D eigenvalue weighted by atomic mass is 35.5. The Hall–Kier alpha value is 0.250. The minimum atomic E-state index is 0.542. The molecule has 2 fully saturated rings. The summed E-state index contributed by atoms with van der Waals surface area (Å²) >= 11 is 5.89. The van der Waals surface area contributed by atoms with Gasteiger partial charge in [-0.1, -0.05) is 0 Å². The summed E-state index contributed by atoms with van der Waals surface area (Å²) in [7, 11) is 0. The molecule has 1 atom stereocenters. The van der Waals surface area contributed by atoms with E-state index in [4.69, 9.17) is 16.3 Å². The fraction of sp³-hybridized carbons (Fsp3) is 1.00. The molecule has 64 valence electrons. The molecule has 0 aromatic heterocycles. The van der Waals surface area contributed by atoms with Crippen LogP contribution in [0, 0.1) is 11.3 Å². The lowest BCUT2D eigenvalue weighted by molar-refractivity contribution is 0.179. The Morgan fingerprint density at radius 1 is 1.45 bits per heavy atom. The zero-order valence-electron chi connectivity index (χ0n) is 6.81. The first kappa shape index (κ1) is 7.88. The molecule has 2 aliphatic rings. The van der Waals surface area contributed by atoms with Gasteiger partial charge in [0.25, 0.3) is 0 Å². The molecule has 1 aliphatic carbocycles. The number of ether oxygens (including phenoxy) is 1. The molecule has 1 saturated carbocycles. The van der Waals surface area contributed by atoms with Crippen molar-refractivity contribution in [2.45, 2.75) is 25.7 Å². The summed E-state index contributed by atoms with van der Waals surface area (Å²) in [4.78, 5) is 0. The highest BCUT2D eigenvalue weighted by Crippen LogP contribution is 2.52. The van der Waals surface area contributed by atoms with Crippen molar-refractivity contribution in [3.05, 3.63) is 0 Å². The fourth-order valence-electron chi connectivity index (χ4n) is 1.93. The van der Waals surface area contributed by atoms with Gasteiger partial charge in [0.15, 0.2) is 0 Å². The first-order chi connectivity index (χ1) is 5.35. The molecule has 0 bridgehead atoms. The lowest BCUT2D eigenvalue weighted by Gasteiger charge is -2.14. The molecule has 0 amide bonds. The summed E-state index contributed by atoms with van der Waals surface area (Å²) < 4.78 is 5.33. The van der Waals surface area contributed by atoms with Crippen molar-refractivity contribution in [3.63, 3.8) is 0 Å². The largest absolute Gasteiger partial charge is 0.381 e. The zero-order valence-corrected chi connectivity index (χ0v) is 7.57. The van der Waals surface area contributed by atoms with Gasteiger partial charge in [0.2, 0.25) is 0 Å². The van der Waals surface area contributed by atoms with Crippen molar-refractivity contribution in [2.75, 3.05) is 19.1 Å². The average molecular weight is 175 g/mol. The number of hydrogen-bond donors (Lipinski definition) is 0. The van der Waals surface area contributed by atoms with Gasteiger partial charge in [0.05, 0.1) is 0 Å². The first-order valence-corrected chi connectivity index (χ1v) is 5.02. The molecule has 1 heterocycles. The Balaban J connectivity index is 1.80. The van der Waals surface area contributed by atoms with E-state index in [-0.39, 0.29) is 0 Å². The van der Waals surface area contributed by atoms with E-state index in [9.17, 15) is 0 Å². The predicted octanol–water partition coefficient (Wildman–Crippen LogP) is 2.43. The normalized spacial score (nSPS) is 34.1. The van der Waals surface area contributed by atoms with E-state index in [1.807, 2.05) is 0 Å². The molecular formula is C9H15ClO. The summed E-state index contributed by atoms with van der Waals surface area (Å²) in [6, 6.07) is 0. The van der Waals surface area contributed by atoms with E-state index in [2.05, 4.69) is 0 Å².